The maximum atomic E-state index is 12.1. The second-order valence-electron chi connectivity index (χ2n) is 4.78. The lowest BCUT2D eigenvalue weighted by Crippen LogP contribution is -2.38. The highest BCUT2D eigenvalue weighted by molar-refractivity contribution is 5.79. The van der Waals surface area contributed by atoms with Crippen molar-refractivity contribution >= 4 is 5.91 Å². The number of nitrogens with zero attached hydrogens (tertiary/aromatic N) is 3. The summed E-state index contributed by atoms with van der Waals surface area (Å²) in [6, 6.07) is 7.85. The Hall–Kier alpha value is -2.37. The molecule has 1 aromatic heterocycles. The Balaban J connectivity index is 1.51. The van der Waals surface area contributed by atoms with E-state index in [2.05, 4.69) is 15.6 Å². The van der Waals surface area contributed by atoms with Gasteiger partial charge in [-0.05, 0) is 18.1 Å². The number of carbonyl (C=O) groups excluding carboxylic acids is 1. The van der Waals surface area contributed by atoms with Crippen LogP contribution in [0.25, 0.3) is 0 Å². The molecule has 0 radical (unpaired) electrons. The summed E-state index contributed by atoms with van der Waals surface area (Å²) < 4.78 is 7.31. The van der Waals surface area contributed by atoms with Gasteiger partial charge in [0.05, 0.1) is 18.7 Å². The van der Waals surface area contributed by atoms with Crippen molar-refractivity contribution in [3.05, 3.63) is 42.2 Å². The number of hydrogen-bond donors (Lipinski definition) is 1. The van der Waals surface area contributed by atoms with Gasteiger partial charge >= 0.3 is 0 Å². The topological polar surface area (TPSA) is 69.0 Å². The standard InChI is InChI=1S/C14H16N4O2/c19-14(15-5-7-18-8-6-16-17-18)12-9-11-3-1-2-4-13(11)20-10-12/h1-4,6,8,12H,5,7,9-10H2,(H,15,19)/t12-/m0/s1. The SMILES string of the molecule is O=C(NCCn1ccnn1)[C@@H]1COc2ccccc2C1. The maximum absolute atomic E-state index is 12.1. The highest BCUT2D eigenvalue weighted by atomic mass is 16.5. The first-order valence-electron chi connectivity index (χ1n) is 6.65. The predicted molar refractivity (Wildman–Crippen MR) is 72.2 cm³/mol. The van der Waals surface area contributed by atoms with Crippen molar-refractivity contribution in [3.63, 3.8) is 0 Å². The molecule has 1 aliphatic rings. The summed E-state index contributed by atoms with van der Waals surface area (Å²) in [5.74, 6) is 0.791. The van der Waals surface area contributed by atoms with Crippen LogP contribution >= 0.6 is 0 Å². The van der Waals surface area contributed by atoms with Crippen molar-refractivity contribution in [2.24, 2.45) is 5.92 Å². The molecular formula is C14H16N4O2. The van der Waals surface area contributed by atoms with Gasteiger partial charge in [-0.25, -0.2) is 0 Å². The maximum Gasteiger partial charge on any atom is 0.226 e. The van der Waals surface area contributed by atoms with E-state index in [4.69, 9.17) is 4.74 Å². The van der Waals surface area contributed by atoms with Crippen molar-refractivity contribution in [2.75, 3.05) is 13.2 Å². The summed E-state index contributed by atoms with van der Waals surface area (Å²) in [4.78, 5) is 12.1. The lowest BCUT2D eigenvalue weighted by Gasteiger charge is -2.24. The van der Waals surface area contributed by atoms with E-state index in [0.717, 1.165) is 17.7 Å². The Morgan fingerprint density at radius 3 is 3.20 bits per heavy atom. The van der Waals surface area contributed by atoms with Crippen LogP contribution in [0.5, 0.6) is 5.75 Å². The van der Waals surface area contributed by atoms with Gasteiger partial charge < -0.3 is 10.1 Å². The first kappa shape index (κ1) is 12.7. The van der Waals surface area contributed by atoms with E-state index in [-0.39, 0.29) is 11.8 Å². The fraction of sp³-hybridized carbons (Fsp3) is 0.357. The third kappa shape index (κ3) is 2.79. The van der Waals surface area contributed by atoms with Gasteiger partial charge in [0.2, 0.25) is 5.91 Å². The molecule has 1 aromatic carbocycles. The van der Waals surface area contributed by atoms with Crippen LogP contribution in [0.15, 0.2) is 36.7 Å². The number of amides is 1. The highest BCUT2D eigenvalue weighted by Gasteiger charge is 2.25. The van der Waals surface area contributed by atoms with Crippen molar-refractivity contribution < 1.29 is 9.53 Å². The van der Waals surface area contributed by atoms with Gasteiger partial charge in [0.15, 0.2) is 0 Å². The van der Waals surface area contributed by atoms with E-state index in [0.29, 0.717) is 19.7 Å². The van der Waals surface area contributed by atoms with Crippen molar-refractivity contribution in [1.29, 1.82) is 0 Å². The minimum atomic E-state index is -0.124. The molecule has 6 nitrogen and oxygen atoms in total. The lowest BCUT2D eigenvalue weighted by molar-refractivity contribution is -0.126. The smallest absolute Gasteiger partial charge is 0.226 e. The van der Waals surface area contributed by atoms with Crippen molar-refractivity contribution in [1.82, 2.24) is 20.3 Å². The molecule has 0 unspecified atom stereocenters. The van der Waals surface area contributed by atoms with Crippen LogP contribution in [0.3, 0.4) is 0 Å². The summed E-state index contributed by atoms with van der Waals surface area (Å²) in [6.45, 7) is 1.60. The molecule has 2 aromatic rings. The Kier molecular flexibility index (Phi) is 3.62. The number of benzene rings is 1. The Bertz CT molecular complexity index is 583. The average molecular weight is 272 g/mol. The lowest BCUT2D eigenvalue weighted by atomic mass is 9.96. The van der Waals surface area contributed by atoms with E-state index in [1.807, 2.05) is 24.3 Å². The summed E-state index contributed by atoms with van der Waals surface area (Å²) in [6.07, 6.45) is 4.12. The van der Waals surface area contributed by atoms with Gasteiger partial charge in [-0.2, -0.15) is 0 Å². The van der Waals surface area contributed by atoms with Crippen LogP contribution in [0.1, 0.15) is 5.56 Å². The summed E-state index contributed by atoms with van der Waals surface area (Å²) >= 11 is 0. The first-order chi connectivity index (χ1) is 9.83. The molecule has 1 N–H and O–H groups in total. The van der Waals surface area contributed by atoms with Crippen LogP contribution in [-0.2, 0) is 17.8 Å². The fourth-order valence-corrected chi connectivity index (χ4v) is 2.29. The molecule has 104 valence electrons. The minimum absolute atomic E-state index is 0.0274. The predicted octanol–water partition coefficient (Wildman–Crippen LogP) is 0.646. The minimum Gasteiger partial charge on any atom is -0.492 e. The van der Waals surface area contributed by atoms with E-state index in [1.54, 1.807) is 17.1 Å². The zero-order chi connectivity index (χ0) is 13.8. The normalized spacial score (nSPS) is 17.1. The molecule has 20 heavy (non-hydrogen) atoms. The molecule has 1 aliphatic heterocycles. The zero-order valence-corrected chi connectivity index (χ0v) is 11.0. The van der Waals surface area contributed by atoms with Crippen LogP contribution in [-0.4, -0.2) is 34.1 Å². The molecule has 0 fully saturated rings. The molecule has 1 atom stereocenters. The van der Waals surface area contributed by atoms with Gasteiger partial charge in [0.25, 0.3) is 0 Å². The van der Waals surface area contributed by atoms with Gasteiger partial charge in [-0.3, -0.25) is 9.48 Å². The van der Waals surface area contributed by atoms with E-state index in [9.17, 15) is 4.79 Å². The molecule has 1 amide bonds. The molecule has 0 saturated heterocycles. The van der Waals surface area contributed by atoms with Crippen LogP contribution < -0.4 is 10.1 Å². The van der Waals surface area contributed by atoms with E-state index < -0.39 is 0 Å². The molecular weight excluding hydrogens is 256 g/mol. The van der Waals surface area contributed by atoms with Crippen LogP contribution in [0.2, 0.25) is 0 Å². The summed E-state index contributed by atoms with van der Waals surface area (Å²) in [7, 11) is 0. The van der Waals surface area contributed by atoms with E-state index in [1.165, 1.54) is 0 Å². The number of aromatic nitrogens is 3. The first-order valence-corrected chi connectivity index (χ1v) is 6.65. The highest BCUT2D eigenvalue weighted by Crippen LogP contribution is 2.26. The summed E-state index contributed by atoms with van der Waals surface area (Å²) in [5.41, 5.74) is 1.09. The number of carbonyl (C=O) groups is 1. The number of nitrogens with one attached hydrogen (secondary N) is 1. The molecule has 0 aliphatic carbocycles. The third-order valence-electron chi connectivity index (χ3n) is 3.36. The molecule has 0 bridgehead atoms. The fourth-order valence-electron chi connectivity index (χ4n) is 2.29. The molecule has 2 heterocycles. The van der Waals surface area contributed by atoms with Crippen molar-refractivity contribution in [2.45, 2.75) is 13.0 Å². The summed E-state index contributed by atoms with van der Waals surface area (Å²) in [5, 5.41) is 10.5. The van der Waals surface area contributed by atoms with Crippen LogP contribution in [0.4, 0.5) is 0 Å². The Morgan fingerprint density at radius 1 is 1.45 bits per heavy atom. The third-order valence-corrected chi connectivity index (χ3v) is 3.36. The van der Waals surface area contributed by atoms with Gasteiger partial charge in [-0.15, -0.1) is 5.10 Å². The average Bonchev–Trinajstić information content (AvgIpc) is 3.00. The quantitative estimate of drug-likeness (QED) is 0.887. The molecule has 6 heteroatoms. The Morgan fingerprint density at radius 2 is 2.35 bits per heavy atom. The number of rotatable bonds is 4. The number of fused-ring (bicyclic) bond motifs is 1. The number of para-hydroxylation sites is 1. The monoisotopic (exact) mass is 272 g/mol. The zero-order valence-electron chi connectivity index (χ0n) is 11.0. The van der Waals surface area contributed by atoms with Gasteiger partial charge in [0.1, 0.15) is 12.4 Å². The van der Waals surface area contributed by atoms with Crippen LogP contribution in [0, 0.1) is 5.92 Å². The number of ether oxygens (including phenoxy) is 1. The van der Waals surface area contributed by atoms with Gasteiger partial charge in [0, 0.05) is 12.7 Å². The second kappa shape index (κ2) is 5.73. The second-order valence-corrected chi connectivity index (χ2v) is 4.78. The Labute approximate surface area is 116 Å². The van der Waals surface area contributed by atoms with E-state index >= 15 is 0 Å². The number of hydrogen-bond acceptors (Lipinski definition) is 4. The molecule has 0 spiro atoms. The molecule has 3 rings (SSSR count). The largest absolute Gasteiger partial charge is 0.492 e. The van der Waals surface area contributed by atoms with Gasteiger partial charge in [-0.1, -0.05) is 23.4 Å². The van der Waals surface area contributed by atoms with Crippen molar-refractivity contribution in [3.8, 4) is 5.75 Å². The molecule has 0 saturated carbocycles.